The molecular weight excluding hydrogens is 264 g/mol. The molecular formula is C17H14N2O2. The third-order valence-corrected chi connectivity index (χ3v) is 3.22. The van der Waals surface area contributed by atoms with Gasteiger partial charge in [-0.25, -0.2) is 0 Å². The van der Waals surface area contributed by atoms with Crippen LogP contribution in [0.5, 0.6) is 5.75 Å². The molecule has 0 saturated carbocycles. The van der Waals surface area contributed by atoms with Crippen molar-refractivity contribution in [3.8, 4) is 5.75 Å². The monoisotopic (exact) mass is 278 g/mol. The molecule has 21 heavy (non-hydrogen) atoms. The Balaban J connectivity index is 1.79. The van der Waals surface area contributed by atoms with E-state index in [1.807, 2.05) is 30.3 Å². The molecule has 0 bridgehead atoms. The summed E-state index contributed by atoms with van der Waals surface area (Å²) in [5.74, 6) is 0.0938. The third-order valence-electron chi connectivity index (χ3n) is 3.22. The summed E-state index contributed by atoms with van der Waals surface area (Å²) in [4.78, 5) is 16.4. The van der Waals surface area contributed by atoms with Crippen LogP contribution in [0.3, 0.4) is 0 Å². The number of carbonyl (C=O) groups is 1. The molecule has 3 rings (SSSR count). The van der Waals surface area contributed by atoms with Gasteiger partial charge in [-0.3, -0.25) is 9.78 Å². The summed E-state index contributed by atoms with van der Waals surface area (Å²) < 4.78 is 0. The number of nitrogens with one attached hydrogen (secondary N) is 1. The lowest BCUT2D eigenvalue weighted by molar-refractivity contribution is -0.115. The van der Waals surface area contributed by atoms with Gasteiger partial charge in [0.15, 0.2) is 0 Å². The summed E-state index contributed by atoms with van der Waals surface area (Å²) >= 11 is 0. The smallest absolute Gasteiger partial charge is 0.228 e. The highest BCUT2D eigenvalue weighted by atomic mass is 16.3. The van der Waals surface area contributed by atoms with Crippen molar-refractivity contribution in [2.24, 2.45) is 0 Å². The largest absolute Gasteiger partial charge is 0.508 e. The number of rotatable bonds is 3. The molecule has 1 heterocycles. The average Bonchev–Trinajstić information content (AvgIpc) is 2.50. The lowest BCUT2D eigenvalue weighted by Gasteiger charge is -2.08. The first-order valence-corrected chi connectivity index (χ1v) is 6.64. The van der Waals surface area contributed by atoms with E-state index in [4.69, 9.17) is 0 Å². The number of aromatic hydroxyl groups is 1. The second kappa shape index (κ2) is 5.63. The van der Waals surface area contributed by atoms with Crippen molar-refractivity contribution in [3.63, 3.8) is 0 Å². The summed E-state index contributed by atoms with van der Waals surface area (Å²) in [6.45, 7) is 0. The number of aromatic nitrogens is 1. The van der Waals surface area contributed by atoms with E-state index in [2.05, 4.69) is 10.3 Å². The summed E-state index contributed by atoms with van der Waals surface area (Å²) in [6, 6.07) is 16.0. The number of carbonyl (C=O) groups excluding carboxylic acids is 1. The fourth-order valence-corrected chi connectivity index (χ4v) is 2.21. The van der Waals surface area contributed by atoms with Gasteiger partial charge in [0.2, 0.25) is 5.91 Å². The highest BCUT2D eigenvalue weighted by molar-refractivity contribution is 6.01. The molecule has 3 aromatic rings. The molecule has 0 saturated heterocycles. The van der Waals surface area contributed by atoms with Crippen LogP contribution >= 0.6 is 0 Å². The standard InChI is InChI=1S/C17H14N2O2/c20-13-8-6-12(7-9-13)11-17(21)19-16-5-1-4-15-14(16)3-2-10-18-15/h1-10,20H,11H2,(H,19,21). The molecule has 1 amide bonds. The van der Waals surface area contributed by atoms with Crippen LogP contribution in [-0.4, -0.2) is 16.0 Å². The highest BCUT2D eigenvalue weighted by Crippen LogP contribution is 2.21. The Morgan fingerprint density at radius 2 is 1.86 bits per heavy atom. The first kappa shape index (κ1) is 13.1. The van der Waals surface area contributed by atoms with E-state index in [0.717, 1.165) is 22.2 Å². The minimum Gasteiger partial charge on any atom is -0.508 e. The number of nitrogens with zero attached hydrogens (tertiary/aromatic N) is 1. The first-order chi connectivity index (χ1) is 10.2. The van der Waals surface area contributed by atoms with Crippen LogP contribution in [0.15, 0.2) is 60.8 Å². The second-order valence-electron chi connectivity index (χ2n) is 4.77. The molecule has 0 aliphatic carbocycles. The number of hydrogen-bond donors (Lipinski definition) is 2. The molecule has 0 fully saturated rings. The van der Waals surface area contributed by atoms with Gasteiger partial charge < -0.3 is 10.4 Å². The normalized spacial score (nSPS) is 10.5. The SMILES string of the molecule is O=C(Cc1ccc(O)cc1)Nc1cccc2ncccc12. The number of hydrogen-bond acceptors (Lipinski definition) is 3. The zero-order chi connectivity index (χ0) is 14.7. The second-order valence-corrected chi connectivity index (χ2v) is 4.77. The average molecular weight is 278 g/mol. The Morgan fingerprint density at radius 3 is 2.67 bits per heavy atom. The van der Waals surface area contributed by atoms with Gasteiger partial charge in [-0.1, -0.05) is 18.2 Å². The Kier molecular flexibility index (Phi) is 3.51. The van der Waals surface area contributed by atoms with Crippen molar-refractivity contribution in [1.82, 2.24) is 4.98 Å². The molecule has 0 atom stereocenters. The highest BCUT2D eigenvalue weighted by Gasteiger charge is 2.07. The molecule has 0 aliphatic heterocycles. The molecule has 104 valence electrons. The van der Waals surface area contributed by atoms with Crippen LogP contribution in [0.2, 0.25) is 0 Å². The van der Waals surface area contributed by atoms with Crippen LogP contribution in [0.1, 0.15) is 5.56 Å². The van der Waals surface area contributed by atoms with E-state index in [0.29, 0.717) is 0 Å². The molecule has 0 spiro atoms. The van der Waals surface area contributed by atoms with E-state index < -0.39 is 0 Å². The number of phenolic OH excluding ortho intramolecular Hbond substituents is 1. The molecule has 1 aromatic heterocycles. The minimum absolute atomic E-state index is 0.1000. The zero-order valence-corrected chi connectivity index (χ0v) is 11.3. The van der Waals surface area contributed by atoms with Gasteiger partial charge in [0, 0.05) is 11.6 Å². The maximum Gasteiger partial charge on any atom is 0.228 e. The summed E-state index contributed by atoms with van der Waals surface area (Å²) in [5.41, 5.74) is 2.45. The fraction of sp³-hybridized carbons (Fsp3) is 0.0588. The van der Waals surface area contributed by atoms with E-state index in [-0.39, 0.29) is 18.1 Å². The Bertz CT molecular complexity index is 777. The summed E-state index contributed by atoms with van der Waals surface area (Å²) in [5, 5.41) is 13.1. The molecule has 4 nitrogen and oxygen atoms in total. The topological polar surface area (TPSA) is 62.2 Å². The quantitative estimate of drug-likeness (QED) is 0.773. The van der Waals surface area contributed by atoms with Gasteiger partial charge in [0.05, 0.1) is 17.6 Å². The molecule has 2 aromatic carbocycles. The van der Waals surface area contributed by atoms with E-state index >= 15 is 0 Å². The number of benzene rings is 2. The number of pyridine rings is 1. The number of phenols is 1. The molecule has 0 unspecified atom stereocenters. The third kappa shape index (κ3) is 3.00. The van der Waals surface area contributed by atoms with Crippen LogP contribution in [-0.2, 0) is 11.2 Å². The van der Waals surface area contributed by atoms with Crippen LogP contribution in [0.25, 0.3) is 10.9 Å². The lowest BCUT2D eigenvalue weighted by Crippen LogP contribution is -2.14. The Morgan fingerprint density at radius 1 is 1.05 bits per heavy atom. The molecule has 0 radical (unpaired) electrons. The Hall–Kier alpha value is -2.88. The maximum atomic E-state index is 12.1. The van der Waals surface area contributed by atoms with Crippen LogP contribution < -0.4 is 5.32 Å². The van der Waals surface area contributed by atoms with Crippen LogP contribution in [0, 0.1) is 0 Å². The molecule has 0 aliphatic rings. The number of amides is 1. The minimum atomic E-state index is -0.1000. The zero-order valence-electron chi connectivity index (χ0n) is 11.3. The number of fused-ring (bicyclic) bond motifs is 1. The summed E-state index contributed by atoms with van der Waals surface area (Å²) in [6.07, 6.45) is 1.99. The van der Waals surface area contributed by atoms with Crippen LogP contribution in [0.4, 0.5) is 5.69 Å². The van der Waals surface area contributed by atoms with Crippen molar-refractivity contribution in [1.29, 1.82) is 0 Å². The summed E-state index contributed by atoms with van der Waals surface area (Å²) in [7, 11) is 0. The van der Waals surface area contributed by atoms with E-state index in [1.54, 1.807) is 30.5 Å². The van der Waals surface area contributed by atoms with Crippen molar-refractivity contribution in [2.75, 3.05) is 5.32 Å². The van der Waals surface area contributed by atoms with Gasteiger partial charge in [0.1, 0.15) is 5.75 Å². The molecule has 4 heteroatoms. The van der Waals surface area contributed by atoms with E-state index in [1.165, 1.54) is 0 Å². The Labute approximate surface area is 122 Å². The lowest BCUT2D eigenvalue weighted by atomic mass is 10.1. The van der Waals surface area contributed by atoms with Gasteiger partial charge >= 0.3 is 0 Å². The maximum absolute atomic E-state index is 12.1. The van der Waals surface area contributed by atoms with Gasteiger partial charge in [-0.15, -0.1) is 0 Å². The number of anilines is 1. The predicted octanol–water partition coefficient (Wildman–Crippen LogP) is 3.12. The van der Waals surface area contributed by atoms with Gasteiger partial charge in [-0.2, -0.15) is 0 Å². The van der Waals surface area contributed by atoms with Crippen molar-refractivity contribution < 1.29 is 9.90 Å². The fourth-order valence-electron chi connectivity index (χ4n) is 2.21. The molecule has 2 N–H and O–H groups in total. The van der Waals surface area contributed by atoms with E-state index in [9.17, 15) is 9.90 Å². The van der Waals surface area contributed by atoms with Crippen molar-refractivity contribution in [2.45, 2.75) is 6.42 Å². The first-order valence-electron chi connectivity index (χ1n) is 6.64. The van der Waals surface area contributed by atoms with Gasteiger partial charge in [-0.05, 0) is 42.0 Å². The van der Waals surface area contributed by atoms with Crippen molar-refractivity contribution in [3.05, 3.63) is 66.4 Å². The van der Waals surface area contributed by atoms with Gasteiger partial charge in [0.25, 0.3) is 0 Å². The van der Waals surface area contributed by atoms with Crippen molar-refractivity contribution >= 4 is 22.5 Å². The predicted molar refractivity (Wildman–Crippen MR) is 82.2 cm³/mol.